The Kier molecular flexibility index (Phi) is 12.6. The summed E-state index contributed by atoms with van der Waals surface area (Å²) in [7, 11) is 2.23. The Balaban J connectivity index is 1.05. The van der Waals surface area contributed by atoms with Gasteiger partial charge in [-0.3, -0.25) is 0 Å². The minimum absolute atomic E-state index is 0.00412. The Morgan fingerprint density at radius 1 is 0.488 bits per heavy atom. The lowest BCUT2D eigenvalue weighted by Crippen LogP contribution is -2.62. The number of fused-ring (bicyclic) bond motifs is 10. The number of benzene rings is 9. The van der Waals surface area contributed by atoms with Crippen molar-refractivity contribution < 1.29 is 8.98 Å². The average Bonchev–Trinajstić information content (AvgIpc) is 0.813. The molecule has 0 saturated heterocycles. The summed E-state index contributed by atoms with van der Waals surface area (Å²) >= 11 is 1.95. The second-order valence-electron chi connectivity index (χ2n) is 29.8. The van der Waals surface area contributed by atoms with E-state index in [1.54, 1.807) is 0 Å². The van der Waals surface area contributed by atoms with E-state index in [0.717, 1.165) is 50.1 Å². The topological polar surface area (TPSA) is 28.4 Å². The van der Waals surface area contributed by atoms with Gasteiger partial charge in [0.25, 0.3) is 12.5 Å². The average molecular weight is 1150 g/mol. The maximum Gasteiger partial charge on any atom is 0.299 e. The van der Waals surface area contributed by atoms with Crippen LogP contribution in [-0.2, 0) is 28.7 Å². The molecular weight excluding hydrogens is 1060 g/mol. The molecule has 0 saturated carbocycles. The first-order valence-corrected chi connectivity index (χ1v) is 32.1. The Bertz CT molecular complexity index is 4610. The van der Waals surface area contributed by atoms with Crippen LogP contribution in [0.4, 0.5) is 34.1 Å². The number of aromatic nitrogens is 2. The summed E-state index contributed by atoms with van der Waals surface area (Å²) in [6.45, 7) is 39.6. The molecular formula is C79H82BN4OS+. The predicted octanol–water partition coefficient (Wildman–Crippen LogP) is 20.0. The van der Waals surface area contributed by atoms with Crippen LogP contribution in [-0.4, -0.2) is 11.3 Å². The van der Waals surface area contributed by atoms with Gasteiger partial charge in [0.05, 0.1) is 18.4 Å². The maximum absolute atomic E-state index is 7.48. The highest BCUT2D eigenvalue weighted by Crippen LogP contribution is 2.56. The number of anilines is 6. The summed E-state index contributed by atoms with van der Waals surface area (Å²) in [4.78, 5) is 7.84. The second kappa shape index (κ2) is 19.4. The molecule has 0 atom stereocenters. The van der Waals surface area contributed by atoms with Crippen molar-refractivity contribution in [3.05, 3.63) is 197 Å². The Morgan fingerprint density at radius 3 is 1.72 bits per heavy atom. The van der Waals surface area contributed by atoms with Crippen LogP contribution >= 0.6 is 11.8 Å². The molecule has 0 radical (unpaired) electrons. The first kappa shape index (κ1) is 56.1. The number of para-hydroxylation sites is 3. The monoisotopic (exact) mass is 1150 g/mol. The summed E-state index contributed by atoms with van der Waals surface area (Å²) in [5.41, 5.74) is 29.2. The molecule has 3 aliphatic heterocycles. The van der Waals surface area contributed by atoms with E-state index in [1.807, 2.05) is 11.8 Å². The quantitative estimate of drug-likeness (QED) is 0.123. The molecule has 5 heterocycles. The third kappa shape index (κ3) is 8.67. The van der Waals surface area contributed by atoms with Gasteiger partial charge < -0.3 is 14.2 Å². The second-order valence-corrected chi connectivity index (χ2v) is 30.9. The maximum atomic E-state index is 7.48. The molecule has 0 unspecified atom stereocenters. The normalized spacial score (nSPS) is 14.0. The van der Waals surface area contributed by atoms with Gasteiger partial charge >= 0.3 is 0 Å². The Hall–Kier alpha value is -7.74. The van der Waals surface area contributed by atoms with Gasteiger partial charge in [0, 0.05) is 54.4 Å². The van der Waals surface area contributed by atoms with Gasteiger partial charge in [0.15, 0.2) is 16.6 Å². The van der Waals surface area contributed by atoms with Gasteiger partial charge in [-0.05, 0) is 169 Å². The fourth-order valence-corrected chi connectivity index (χ4v) is 15.4. The Morgan fingerprint density at radius 2 is 1.07 bits per heavy atom. The van der Waals surface area contributed by atoms with E-state index in [1.165, 1.54) is 110 Å². The van der Waals surface area contributed by atoms with E-state index in [2.05, 4.69) is 301 Å². The summed E-state index contributed by atoms with van der Waals surface area (Å²) in [6.07, 6.45) is 0. The van der Waals surface area contributed by atoms with Crippen LogP contribution in [0, 0.1) is 6.92 Å². The lowest BCUT2D eigenvalue weighted by atomic mass is 9.33. The zero-order chi connectivity index (χ0) is 60.6. The largest absolute Gasteiger partial charge is 0.455 e. The Labute approximate surface area is 515 Å². The van der Waals surface area contributed by atoms with E-state index in [9.17, 15) is 0 Å². The third-order valence-electron chi connectivity index (χ3n) is 19.1. The SMILES string of the molecule is Cc1ccc2c(oc3cc(-c4cc5c6c(c4)N4c7ccc(C(C)(C)C)cc7Sc7cc(C(C)(C)C)cc(c74)B6c4cc(C(C)(C)C)ccc4N5c4ccc(C(C)(C)C)cc4)ccc32)c1-c1n(-c2c(C(C)C)cccc2C(C)C)c2ccccc2[n+]1C. The van der Waals surface area contributed by atoms with Gasteiger partial charge in [0.2, 0.25) is 0 Å². The van der Waals surface area contributed by atoms with Crippen LogP contribution in [0.15, 0.2) is 172 Å². The van der Waals surface area contributed by atoms with E-state index < -0.39 is 0 Å². The molecule has 14 rings (SSSR count). The van der Waals surface area contributed by atoms with Crippen LogP contribution in [0.3, 0.4) is 0 Å². The third-order valence-corrected chi connectivity index (χ3v) is 20.2. The molecule has 5 nitrogen and oxygen atoms in total. The number of nitrogens with zero attached hydrogens (tertiary/aromatic N) is 4. The summed E-state index contributed by atoms with van der Waals surface area (Å²) in [5.74, 6) is 1.74. The van der Waals surface area contributed by atoms with Crippen molar-refractivity contribution in [2.75, 3.05) is 9.80 Å². The molecule has 0 spiro atoms. The highest BCUT2D eigenvalue weighted by Gasteiger charge is 2.47. The van der Waals surface area contributed by atoms with Gasteiger partial charge in [-0.2, -0.15) is 4.57 Å². The first-order valence-electron chi connectivity index (χ1n) is 31.3. The van der Waals surface area contributed by atoms with E-state index >= 15 is 0 Å². The van der Waals surface area contributed by atoms with Gasteiger partial charge in [0.1, 0.15) is 16.8 Å². The zero-order valence-corrected chi connectivity index (χ0v) is 54.7. The van der Waals surface area contributed by atoms with Gasteiger partial charge in [-0.1, -0.05) is 207 Å². The summed E-state index contributed by atoms with van der Waals surface area (Å²) in [6, 6.07) is 61.5. The molecule has 9 aromatic carbocycles. The smallest absolute Gasteiger partial charge is 0.299 e. The number of rotatable bonds is 6. The van der Waals surface area contributed by atoms with Crippen LogP contribution < -0.4 is 30.8 Å². The van der Waals surface area contributed by atoms with Gasteiger partial charge in [-0.15, -0.1) is 0 Å². The van der Waals surface area contributed by atoms with E-state index in [-0.39, 0.29) is 28.4 Å². The molecule has 0 aliphatic carbocycles. The van der Waals surface area contributed by atoms with Crippen LogP contribution in [0.25, 0.3) is 61.2 Å². The van der Waals surface area contributed by atoms with Crippen molar-refractivity contribution in [3.8, 4) is 28.2 Å². The molecule has 0 amide bonds. The highest BCUT2D eigenvalue weighted by atomic mass is 32.2. The van der Waals surface area contributed by atoms with Crippen molar-refractivity contribution in [1.29, 1.82) is 0 Å². The van der Waals surface area contributed by atoms with Crippen LogP contribution in [0.5, 0.6) is 0 Å². The molecule has 3 aliphatic rings. The first-order chi connectivity index (χ1) is 40.7. The fraction of sp³-hybridized carbons (Fsp3) is 0.304. The number of hydrogen-bond acceptors (Lipinski definition) is 4. The van der Waals surface area contributed by atoms with E-state index in [0.29, 0.717) is 11.8 Å². The molecule has 11 aromatic rings. The molecule has 2 aromatic heterocycles. The minimum atomic E-state index is -0.0790. The van der Waals surface area contributed by atoms with Crippen molar-refractivity contribution in [3.63, 3.8) is 0 Å². The number of aryl methyl sites for hydroxylation is 2. The lowest BCUT2D eigenvalue weighted by Gasteiger charge is -2.47. The summed E-state index contributed by atoms with van der Waals surface area (Å²) in [5, 5.41) is 2.22. The fourth-order valence-electron chi connectivity index (χ4n) is 14.2. The molecule has 0 N–H and O–H groups in total. The standard InChI is InChI=1S/C79H82BN4OS/c1-45(2)55-22-21-23-56(46(3)4)72(55)84-63-25-20-19-24-62(63)81(18)75(84)70-47(5)26-34-58-57-35-27-48(40-67(57)85-74(58)70)49-38-65-71-66(39-49)83-64-37-31-52(78(12,13)14)43-68(64)86-69-44-53(79(15,16)17)42-60(73(69)83)80(71)59-41-51(77(9,10)11)30-36-61(59)82(65)54-32-28-50(29-33-54)76(6,7)8/h19-46H,1-18H3/q+1. The number of furan rings is 1. The van der Waals surface area contributed by atoms with Crippen molar-refractivity contribution in [2.45, 2.75) is 161 Å². The highest BCUT2D eigenvalue weighted by molar-refractivity contribution is 7.99. The number of imidazole rings is 1. The lowest BCUT2D eigenvalue weighted by molar-refractivity contribution is -0.633. The van der Waals surface area contributed by atoms with Crippen molar-refractivity contribution in [1.82, 2.24) is 4.57 Å². The van der Waals surface area contributed by atoms with Gasteiger partial charge in [-0.25, -0.2) is 4.57 Å². The van der Waals surface area contributed by atoms with E-state index in [4.69, 9.17) is 4.42 Å². The zero-order valence-electron chi connectivity index (χ0n) is 53.8. The van der Waals surface area contributed by atoms with Crippen molar-refractivity contribution in [2.24, 2.45) is 7.05 Å². The predicted molar refractivity (Wildman–Crippen MR) is 368 cm³/mol. The molecule has 7 heteroatoms. The van der Waals surface area contributed by atoms with Crippen LogP contribution in [0.1, 0.15) is 162 Å². The minimum Gasteiger partial charge on any atom is -0.455 e. The molecule has 0 fully saturated rings. The molecule has 432 valence electrons. The van der Waals surface area contributed by atoms with Crippen molar-refractivity contribution >= 4 is 102 Å². The molecule has 86 heavy (non-hydrogen) atoms. The molecule has 0 bridgehead atoms. The number of hydrogen-bond donors (Lipinski definition) is 0. The summed E-state index contributed by atoms with van der Waals surface area (Å²) < 4.78 is 12.4. The van der Waals surface area contributed by atoms with Crippen LogP contribution in [0.2, 0.25) is 0 Å².